The molecule has 0 aliphatic heterocycles. The molecule has 0 amide bonds. The molecule has 4 nitrogen and oxygen atoms in total. The lowest BCUT2D eigenvalue weighted by atomic mass is 9.59. The topological polar surface area (TPSA) is 66.0 Å². The van der Waals surface area contributed by atoms with Gasteiger partial charge in [-0.15, -0.1) is 0 Å². The summed E-state index contributed by atoms with van der Waals surface area (Å²) in [4.78, 5) is 20.2. The largest absolute Gasteiger partial charge is 0.478 e. The van der Waals surface area contributed by atoms with Gasteiger partial charge in [-0.05, 0) is 45.5 Å². The van der Waals surface area contributed by atoms with Crippen LogP contribution < -0.4 is 0 Å². The molecule has 1 heterocycles. The molecule has 1 unspecified atom stereocenters. The van der Waals surface area contributed by atoms with Crippen LogP contribution in [0.3, 0.4) is 0 Å². The number of imidazole rings is 1. The molecule has 0 saturated carbocycles. The van der Waals surface area contributed by atoms with Gasteiger partial charge in [0.2, 0.25) is 0 Å². The quantitative estimate of drug-likeness (QED) is 0.200. The van der Waals surface area contributed by atoms with Gasteiger partial charge in [0, 0.05) is 17.8 Å². The molecule has 0 spiro atoms. The SMILES string of the molecule is O=C(O)c1ccc(C(c2cnc[nH]2)C(c2ccccc2)(c2ccccc2)c2ccccc2)cc1-c1ccccc1. The van der Waals surface area contributed by atoms with Crippen LogP contribution >= 0.6 is 0 Å². The van der Waals surface area contributed by atoms with Crippen molar-refractivity contribution in [3.8, 4) is 11.1 Å². The number of hydrogen-bond donors (Lipinski definition) is 2. The summed E-state index contributed by atoms with van der Waals surface area (Å²) >= 11 is 0. The van der Waals surface area contributed by atoms with Crippen LogP contribution in [0.2, 0.25) is 0 Å². The van der Waals surface area contributed by atoms with Crippen molar-refractivity contribution < 1.29 is 9.90 Å². The maximum absolute atomic E-state index is 12.4. The summed E-state index contributed by atoms with van der Waals surface area (Å²) in [5.41, 5.74) is 6.40. The number of aromatic nitrogens is 2. The Labute approximate surface area is 233 Å². The molecule has 4 heteroatoms. The van der Waals surface area contributed by atoms with E-state index >= 15 is 0 Å². The highest BCUT2D eigenvalue weighted by atomic mass is 16.4. The molecule has 0 bridgehead atoms. The number of carbonyl (C=O) groups is 1. The number of aromatic carboxylic acids is 1. The first-order valence-electron chi connectivity index (χ1n) is 13.3. The number of rotatable bonds is 8. The van der Waals surface area contributed by atoms with E-state index in [1.807, 2.05) is 66.9 Å². The van der Waals surface area contributed by atoms with Crippen LogP contribution in [-0.2, 0) is 5.41 Å². The van der Waals surface area contributed by atoms with Gasteiger partial charge in [-0.3, -0.25) is 0 Å². The van der Waals surface area contributed by atoms with Crippen molar-refractivity contribution in [3.05, 3.63) is 186 Å². The van der Waals surface area contributed by atoms with Gasteiger partial charge < -0.3 is 10.1 Å². The lowest BCUT2D eigenvalue weighted by Gasteiger charge is -2.43. The number of H-pyrrole nitrogens is 1. The van der Waals surface area contributed by atoms with Crippen LogP contribution in [0.4, 0.5) is 0 Å². The second-order valence-electron chi connectivity index (χ2n) is 9.82. The van der Waals surface area contributed by atoms with E-state index in [1.54, 1.807) is 12.4 Å². The number of nitrogens with zero attached hydrogens (tertiary/aromatic N) is 1. The summed E-state index contributed by atoms with van der Waals surface area (Å²) in [6.45, 7) is 0. The minimum atomic E-state index is -0.955. The highest BCUT2D eigenvalue weighted by molar-refractivity contribution is 5.96. The second kappa shape index (κ2) is 10.9. The molecule has 0 aliphatic rings. The Morgan fingerprint density at radius 3 is 1.62 bits per heavy atom. The maximum Gasteiger partial charge on any atom is 0.336 e. The molecular formula is C36H28N2O2. The molecule has 0 radical (unpaired) electrons. The van der Waals surface area contributed by atoms with Crippen molar-refractivity contribution >= 4 is 5.97 Å². The molecule has 0 saturated heterocycles. The first-order valence-corrected chi connectivity index (χ1v) is 13.3. The van der Waals surface area contributed by atoms with E-state index in [-0.39, 0.29) is 11.5 Å². The molecule has 194 valence electrons. The highest BCUT2D eigenvalue weighted by Gasteiger charge is 2.46. The monoisotopic (exact) mass is 520 g/mol. The number of benzene rings is 5. The molecule has 1 atom stereocenters. The maximum atomic E-state index is 12.4. The Morgan fingerprint density at radius 1 is 0.675 bits per heavy atom. The second-order valence-corrected chi connectivity index (χ2v) is 9.82. The fourth-order valence-electron chi connectivity index (χ4n) is 5.97. The molecule has 6 aromatic rings. The van der Waals surface area contributed by atoms with Gasteiger partial charge in [0.05, 0.1) is 17.3 Å². The minimum absolute atomic E-state index is 0.267. The molecule has 0 fully saturated rings. The van der Waals surface area contributed by atoms with E-state index in [0.29, 0.717) is 5.56 Å². The van der Waals surface area contributed by atoms with Gasteiger partial charge >= 0.3 is 5.97 Å². The Bertz CT molecular complexity index is 1600. The Hall–Kier alpha value is -5.22. The number of carboxylic acids is 1. The van der Waals surface area contributed by atoms with Crippen LogP contribution in [0, 0.1) is 0 Å². The summed E-state index contributed by atoms with van der Waals surface area (Å²) in [6.07, 6.45) is 3.58. The van der Waals surface area contributed by atoms with Gasteiger partial charge in [-0.2, -0.15) is 0 Å². The number of hydrogen-bond acceptors (Lipinski definition) is 2. The van der Waals surface area contributed by atoms with Crippen molar-refractivity contribution in [2.75, 3.05) is 0 Å². The Morgan fingerprint density at radius 2 is 1.18 bits per heavy atom. The highest BCUT2D eigenvalue weighted by Crippen LogP contribution is 2.52. The summed E-state index contributed by atoms with van der Waals surface area (Å²) in [5, 5.41) is 10.1. The van der Waals surface area contributed by atoms with E-state index in [9.17, 15) is 9.90 Å². The zero-order valence-corrected chi connectivity index (χ0v) is 21.8. The zero-order chi connectivity index (χ0) is 27.4. The van der Waals surface area contributed by atoms with Crippen molar-refractivity contribution in [2.45, 2.75) is 11.3 Å². The molecule has 0 aliphatic carbocycles. The van der Waals surface area contributed by atoms with Crippen LogP contribution in [0.15, 0.2) is 152 Å². The van der Waals surface area contributed by atoms with Crippen LogP contribution in [0.25, 0.3) is 11.1 Å². The van der Waals surface area contributed by atoms with Crippen LogP contribution in [-0.4, -0.2) is 21.0 Å². The molecular weight excluding hydrogens is 492 g/mol. The summed E-state index contributed by atoms with van der Waals surface area (Å²) in [5.74, 6) is -1.23. The Kier molecular flexibility index (Phi) is 6.82. The van der Waals surface area contributed by atoms with E-state index in [2.05, 4.69) is 82.8 Å². The average molecular weight is 521 g/mol. The van der Waals surface area contributed by atoms with E-state index in [1.165, 1.54) is 0 Å². The fraction of sp³-hybridized carbons (Fsp3) is 0.0556. The predicted molar refractivity (Wildman–Crippen MR) is 158 cm³/mol. The first kappa shape index (κ1) is 25.1. The third kappa shape index (κ3) is 4.40. The molecule has 40 heavy (non-hydrogen) atoms. The van der Waals surface area contributed by atoms with E-state index < -0.39 is 11.4 Å². The normalized spacial score (nSPS) is 12.1. The van der Waals surface area contributed by atoms with E-state index in [4.69, 9.17) is 0 Å². The summed E-state index contributed by atoms with van der Waals surface area (Å²) in [7, 11) is 0. The average Bonchev–Trinajstić information content (AvgIpc) is 3.56. The molecule has 1 aromatic heterocycles. The van der Waals surface area contributed by atoms with Crippen LogP contribution in [0.5, 0.6) is 0 Å². The summed E-state index contributed by atoms with van der Waals surface area (Å²) < 4.78 is 0. The molecule has 6 rings (SSSR count). The smallest absolute Gasteiger partial charge is 0.336 e. The van der Waals surface area contributed by atoms with Gasteiger partial charge in [0.15, 0.2) is 0 Å². The van der Waals surface area contributed by atoms with Crippen LogP contribution in [0.1, 0.15) is 44.2 Å². The van der Waals surface area contributed by atoms with Crippen molar-refractivity contribution in [1.82, 2.24) is 9.97 Å². The number of nitrogens with one attached hydrogen (secondary N) is 1. The van der Waals surface area contributed by atoms with Gasteiger partial charge in [-0.1, -0.05) is 127 Å². The lowest BCUT2D eigenvalue weighted by molar-refractivity contribution is 0.0697. The fourth-order valence-corrected chi connectivity index (χ4v) is 5.97. The standard InChI is InChI=1S/C36H28N2O2/c39-35(40)31-22-21-27(23-32(31)26-13-5-1-6-14-26)34(33-24-37-25-38-33)36(28-15-7-2-8-16-28,29-17-9-3-10-18-29)30-19-11-4-12-20-30/h1-25,34H,(H,37,38)(H,39,40). The van der Waals surface area contributed by atoms with E-state index in [0.717, 1.165) is 33.5 Å². The third-order valence-corrected chi connectivity index (χ3v) is 7.64. The predicted octanol–water partition coefficient (Wildman–Crippen LogP) is 7.94. The zero-order valence-electron chi connectivity index (χ0n) is 21.8. The molecule has 5 aromatic carbocycles. The third-order valence-electron chi connectivity index (χ3n) is 7.64. The summed E-state index contributed by atoms with van der Waals surface area (Å²) in [6, 6.07) is 47.0. The molecule has 2 N–H and O–H groups in total. The Balaban J connectivity index is 1.73. The van der Waals surface area contributed by atoms with Gasteiger partial charge in [0.25, 0.3) is 0 Å². The number of aromatic amines is 1. The first-order chi connectivity index (χ1) is 19.7. The number of carboxylic acid groups (broad SMARTS) is 1. The van der Waals surface area contributed by atoms with Crippen molar-refractivity contribution in [3.63, 3.8) is 0 Å². The van der Waals surface area contributed by atoms with Crippen molar-refractivity contribution in [1.29, 1.82) is 0 Å². The van der Waals surface area contributed by atoms with Crippen molar-refractivity contribution in [2.24, 2.45) is 0 Å². The van der Waals surface area contributed by atoms with Gasteiger partial charge in [0.1, 0.15) is 0 Å². The lowest BCUT2D eigenvalue weighted by Crippen LogP contribution is -2.37. The van der Waals surface area contributed by atoms with Gasteiger partial charge in [-0.25, -0.2) is 9.78 Å². The minimum Gasteiger partial charge on any atom is -0.478 e.